The summed E-state index contributed by atoms with van der Waals surface area (Å²) in [7, 11) is 1.60. The van der Waals surface area contributed by atoms with Gasteiger partial charge in [0.25, 0.3) is 0 Å². The lowest BCUT2D eigenvalue weighted by Gasteiger charge is -1.85. The molecule has 0 amide bonds. The monoisotopic (exact) mass is 142 g/mol. The summed E-state index contributed by atoms with van der Waals surface area (Å²) in [5.74, 6) is 0. The number of hydrogen-bond donors (Lipinski definition) is 0. The Morgan fingerprint density at radius 1 is 1.78 bits per heavy atom. The third-order valence-corrected chi connectivity index (χ3v) is 1.15. The highest BCUT2D eigenvalue weighted by molar-refractivity contribution is 6.39. The molecule has 0 N–H and O–H groups in total. The molecule has 0 atom stereocenters. The highest BCUT2D eigenvalue weighted by Crippen LogP contribution is 2.03. The van der Waals surface area contributed by atoms with Crippen molar-refractivity contribution in [2.45, 2.75) is 6.92 Å². The first-order valence-corrected chi connectivity index (χ1v) is 2.78. The molecule has 0 unspecified atom stereocenters. The fourth-order valence-electron chi connectivity index (χ4n) is 0.264. The summed E-state index contributed by atoms with van der Waals surface area (Å²) in [5.41, 5.74) is 0.488. The molecule has 0 heterocycles. The molecule has 0 spiro atoms. The van der Waals surface area contributed by atoms with Crippen LogP contribution in [0, 0.1) is 11.3 Å². The lowest BCUT2D eigenvalue weighted by atomic mass is 10.3. The minimum absolute atomic E-state index is 0.403. The van der Waals surface area contributed by atoms with Gasteiger partial charge in [0.2, 0.25) is 0 Å². The number of halogens is 1. The van der Waals surface area contributed by atoms with Crippen molar-refractivity contribution in [1.29, 1.82) is 5.26 Å². The van der Waals surface area contributed by atoms with Crippen molar-refractivity contribution in [2.75, 3.05) is 7.05 Å². The standard InChI is InChI=1S/C6H7ClN2/c1-5(3-8)6(7)4-9-2/h4H,1-2H3/b6-5-,9-4-. The summed E-state index contributed by atoms with van der Waals surface area (Å²) in [6, 6.07) is 1.91. The minimum atomic E-state index is 0.403. The molecule has 0 aromatic carbocycles. The van der Waals surface area contributed by atoms with Gasteiger partial charge in [0.15, 0.2) is 0 Å². The number of allylic oxidation sites excluding steroid dienone is 2. The van der Waals surface area contributed by atoms with E-state index in [1.807, 2.05) is 6.07 Å². The van der Waals surface area contributed by atoms with Crippen LogP contribution < -0.4 is 0 Å². The van der Waals surface area contributed by atoms with E-state index in [2.05, 4.69) is 4.99 Å². The van der Waals surface area contributed by atoms with Gasteiger partial charge in [0.05, 0.1) is 11.1 Å². The van der Waals surface area contributed by atoms with Gasteiger partial charge in [-0.15, -0.1) is 0 Å². The quantitative estimate of drug-likeness (QED) is 0.406. The Labute approximate surface area is 59.5 Å². The van der Waals surface area contributed by atoms with Crippen molar-refractivity contribution in [3.63, 3.8) is 0 Å². The van der Waals surface area contributed by atoms with Crippen LogP contribution >= 0.6 is 11.6 Å². The Morgan fingerprint density at radius 3 is 2.67 bits per heavy atom. The zero-order valence-electron chi connectivity index (χ0n) is 5.35. The Balaban J connectivity index is 4.34. The Bertz CT molecular complexity index is 186. The number of nitriles is 1. The Kier molecular flexibility index (Phi) is 3.74. The van der Waals surface area contributed by atoms with Crippen molar-refractivity contribution in [2.24, 2.45) is 4.99 Å². The SMILES string of the molecule is C/N=C\C(Cl)=C(/C)C#N. The van der Waals surface area contributed by atoms with Crippen molar-refractivity contribution < 1.29 is 0 Å². The third-order valence-electron chi connectivity index (χ3n) is 0.768. The summed E-state index contributed by atoms with van der Waals surface area (Å²) in [6.45, 7) is 1.64. The maximum Gasteiger partial charge on any atom is 0.0960 e. The molecule has 0 aromatic heterocycles. The first kappa shape index (κ1) is 8.19. The first-order chi connectivity index (χ1) is 4.22. The zero-order chi connectivity index (χ0) is 7.28. The van der Waals surface area contributed by atoms with Gasteiger partial charge in [-0.1, -0.05) is 11.6 Å². The molecule has 0 rings (SSSR count). The zero-order valence-corrected chi connectivity index (χ0v) is 6.11. The molecular weight excluding hydrogens is 136 g/mol. The Hall–Kier alpha value is -0.810. The fraction of sp³-hybridized carbons (Fsp3) is 0.333. The van der Waals surface area contributed by atoms with E-state index in [0.717, 1.165) is 0 Å². The van der Waals surface area contributed by atoms with Crippen LogP contribution in [0.2, 0.25) is 0 Å². The summed E-state index contributed by atoms with van der Waals surface area (Å²) in [5, 5.41) is 8.68. The summed E-state index contributed by atoms with van der Waals surface area (Å²) in [4.78, 5) is 3.64. The van der Waals surface area contributed by atoms with E-state index in [1.165, 1.54) is 6.21 Å². The predicted octanol–water partition coefficient (Wildman–Crippen LogP) is 1.72. The maximum atomic E-state index is 8.28. The highest BCUT2D eigenvalue weighted by atomic mass is 35.5. The summed E-state index contributed by atoms with van der Waals surface area (Å²) < 4.78 is 0. The van der Waals surface area contributed by atoms with E-state index in [9.17, 15) is 0 Å². The average molecular weight is 143 g/mol. The van der Waals surface area contributed by atoms with Gasteiger partial charge in [-0.3, -0.25) is 4.99 Å². The second kappa shape index (κ2) is 4.11. The number of hydrogen-bond acceptors (Lipinski definition) is 2. The van der Waals surface area contributed by atoms with Crippen LogP contribution in [0.5, 0.6) is 0 Å². The molecule has 0 radical (unpaired) electrons. The van der Waals surface area contributed by atoms with Crippen LogP contribution in [-0.4, -0.2) is 13.3 Å². The van der Waals surface area contributed by atoms with Gasteiger partial charge in [-0.2, -0.15) is 5.26 Å². The highest BCUT2D eigenvalue weighted by Gasteiger charge is 1.91. The first-order valence-electron chi connectivity index (χ1n) is 2.41. The average Bonchev–Trinajstić information content (AvgIpc) is 1.87. The van der Waals surface area contributed by atoms with Crippen LogP contribution in [0.4, 0.5) is 0 Å². The predicted molar refractivity (Wildman–Crippen MR) is 38.6 cm³/mol. The normalized spacial score (nSPS) is 13.1. The number of aliphatic imine (C=N–C) groups is 1. The second-order valence-corrected chi connectivity index (χ2v) is 1.88. The lowest BCUT2D eigenvalue weighted by Crippen LogP contribution is -1.78. The number of nitrogens with zero attached hydrogens (tertiary/aromatic N) is 2. The topological polar surface area (TPSA) is 36.1 Å². The molecule has 0 bridgehead atoms. The molecule has 0 saturated carbocycles. The van der Waals surface area contributed by atoms with Gasteiger partial charge >= 0.3 is 0 Å². The van der Waals surface area contributed by atoms with Crippen molar-refractivity contribution in [1.82, 2.24) is 0 Å². The molecule has 2 nitrogen and oxygen atoms in total. The maximum absolute atomic E-state index is 8.28. The molecular formula is C6H7ClN2. The van der Waals surface area contributed by atoms with E-state index in [0.29, 0.717) is 10.6 Å². The molecule has 48 valence electrons. The van der Waals surface area contributed by atoms with Crippen molar-refractivity contribution in [3.8, 4) is 6.07 Å². The fourth-order valence-corrected chi connectivity index (χ4v) is 0.403. The van der Waals surface area contributed by atoms with E-state index in [4.69, 9.17) is 16.9 Å². The molecule has 9 heavy (non-hydrogen) atoms. The second-order valence-electron chi connectivity index (χ2n) is 1.47. The van der Waals surface area contributed by atoms with Gasteiger partial charge in [-0.05, 0) is 6.92 Å². The van der Waals surface area contributed by atoms with Crippen molar-refractivity contribution in [3.05, 3.63) is 10.6 Å². The molecule has 0 fully saturated rings. The van der Waals surface area contributed by atoms with E-state index >= 15 is 0 Å². The summed E-state index contributed by atoms with van der Waals surface area (Å²) >= 11 is 5.54. The van der Waals surface area contributed by atoms with Gasteiger partial charge in [-0.25, -0.2) is 0 Å². The van der Waals surface area contributed by atoms with E-state index < -0.39 is 0 Å². The van der Waals surface area contributed by atoms with Crippen molar-refractivity contribution >= 4 is 17.8 Å². The van der Waals surface area contributed by atoms with E-state index in [1.54, 1.807) is 14.0 Å². The third kappa shape index (κ3) is 2.89. The molecule has 0 aromatic rings. The van der Waals surface area contributed by atoms with Gasteiger partial charge < -0.3 is 0 Å². The van der Waals surface area contributed by atoms with Gasteiger partial charge in [0, 0.05) is 18.8 Å². The Morgan fingerprint density at radius 2 is 2.33 bits per heavy atom. The molecule has 3 heteroatoms. The van der Waals surface area contributed by atoms with Crippen LogP contribution in [0.1, 0.15) is 6.92 Å². The molecule has 0 aliphatic heterocycles. The summed E-state index contributed by atoms with van der Waals surface area (Å²) in [6.07, 6.45) is 1.44. The van der Waals surface area contributed by atoms with Gasteiger partial charge in [0.1, 0.15) is 0 Å². The van der Waals surface area contributed by atoms with Crippen LogP contribution in [0.25, 0.3) is 0 Å². The van der Waals surface area contributed by atoms with E-state index in [-0.39, 0.29) is 0 Å². The van der Waals surface area contributed by atoms with Crippen LogP contribution in [0.15, 0.2) is 15.6 Å². The lowest BCUT2D eigenvalue weighted by molar-refractivity contribution is 1.43. The van der Waals surface area contributed by atoms with Crippen LogP contribution in [-0.2, 0) is 0 Å². The smallest absolute Gasteiger partial charge is 0.0960 e. The molecule has 0 aliphatic rings. The van der Waals surface area contributed by atoms with Crippen LogP contribution in [0.3, 0.4) is 0 Å². The molecule has 0 aliphatic carbocycles. The molecule has 0 saturated heterocycles. The number of rotatable bonds is 1. The minimum Gasteiger partial charge on any atom is -0.295 e. The largest absolute Gasteiger partial charge is 0.295 e.